The molecule has 1 heterocycles. The number of rotatable bonds is 2. The highest BCUT2D eigenvalue weighted by atomic mass is 35.5. The summed E-state index contributed by atoms with van der Waals surface area (Å²) in [6.45, 7) is -2.86. The Hall–Kier alpha value is -1.36. The number of hydrogen-bond donors (Lipinski definition) is 1. The SMILES string of the molecule is FC(F)Oc1ccc(Cl)c2nc[nH]c12. The van der Waals surface area contributed by atoms with Gasteiger partial charge in [0.2, 0.25) is 0 Å². The van der Waals surface area contributed by atoms with Gasteiger partial charge in [0.05, 0.1) is 11.3 Å². The number of ether oxygens (including phenoxy) is 1. The van der Waals surface area contributed by atoms with Gasteiger partial charge in [0, 0.05) is 0 Å². The summed E-state index contributed by atoms with van der Waals surface area (Å²) in [6, 6.07) is 2.83. The van der Waals surface area contributed by atoms with E-state index in [-0.39, 0.29) is 5.75 Å². The zero-order valence-electron chi connectivity index (χ0n) is 6.80. The average Bonchev–Trinajstić information content (AvgIpc) is 2.58. The van der Waals surface area contributed by atoms with Gasteiger partial charge in [-0.15, -0.1) is 0 Å². The number of aromatic amines is 1. The molecule has 2 aromatic rings. The molecule has 3 nitrogen and oxygen atoms in total. The summed E-state index contributed by atoms with van der Waals surface area (Å²) in [4.78, 5) is 6.55. The highest BCUT2D eigenvalue weighted by Crippen LogP contribution is 2.29. The molecule has 1 aromatic heterocycles. The van der Waals surface area contributed by atoms with Crippen LogP contribution in [-0.4, -0.2) is 16.6 Å². The highest BCUT2D eigenvalue weighted by Gasteiger charge is 2.11. The van der Waals surface area contributed by atoms with Crippen LogP contribution in [0.25, 0.3) is 11.0 Å². The van der Waals surface area contributed by atoms with Gasteiger partial charge in [-0.05, 0) is 12.1 Å². The fraction of sp³-hybridized carbons (Fsp3) is 0.125. The first kappa shape index (κ1) is 9.21. The maximum Gasteiger partial charge on any atom is 0.387 e. The van der Waals surface area contributed by atoms with Crippen LogP contribution in [0.15, 0.2) is 18.5 Å². The average molecular weight is 219 g/mol. The van der Waals surface area contributed by atoms with E-state index < -0.39 is 6.61 Å². The van der Waals surface area contributed by atoms with Gasteiger partial charge in [-0.25, -0.2) is 4.98 Å². The van der Waals surface area contributed by atoms with Gasteiger partial charge in [0.15, 0.2) is 5.75 Å². The Morgan fingerprint density at radius 1 is 1.43 bits per heavy atom. The molecule has 0 aliphatic rings. The van der Waals surface area contributed by atoms with E-state index in [2.05, 4.69) is 14.7 Å². The van der Waals surface area contributed by atoms with E-state index in [9.17, 15) is 8.78 Å². The third kappa shape index (κ3) is 1.50. The standard InChI is InChI=1S/C8H5ClF2N2O/c9-4-1-2-5(14-8(10)11)7-6(4)12-3-13-7/h1-3,8H,(H,12,13). The summed E-state index contributed by atoms with van der Waals surface area (Å²) in [5.41, 5.74) is 0.794. The van der Waals surface area contributed by atoms with Crippen LogP contribution in [0.1, 0.15) is 0 Å². The van der Waals surface area contributed by atoms with Crippen molar-refractivity contribution in [2.24, 2.45) is 0 Å². The van der Waals surface area contributed by atoms with Crippen LogP contribution < -0.4 is 4.74 Å². The molecule has 0 bridgehead atoms. The summed E-state index contributed by atoms with van der Waals surface area (Å²) >= 11 is 5.78. The minimum atomic E-state index is -2.86. The van der Waals surface area contributed by atoms with Crippen molar-refractivity contribution in [2.45, 2.75) is 6.61 Å². The maximum atomic E-state index is 12.0. The van der Waals surface area contributed by atoms with E-state index in [1.807, 2.05) is 0 Å². The van der Waals surface area contributed by atoms with Crippen molar-refractivity contribution in [3.8, 4) is 5.75 Å². The van der Waals surface area contributed by atoms with Crippen LogP contribution in [0.2, 0.25) is 5.02 Å². The Labute approximate surface area is 82.7 Å². The van der Waals surface area contributed by atoms with Crippen molar-refractivity contribution in [1.29, 1.82) is 0 Å². The number of fused-ring (bicyclic) bond motifs is 1. The number of nitrogens with zero attached hydrogens (tertiary/aromatic N) is 1. The largest absolute Gasteiger partial charge is 0.433 e. The van der Waals surface area contributed by atoms with Crippen LogP contribution >= 0.6 is 11.6 Å². The maximum absolute atomic E-state index is 12.0. The van der Waals surface area contributed by atoms with Crippen molar-refractivity contribution < 1.29 is 13.5 Å². The molecule has 0 aliphatic carbocycles. The van der Waals surface area contributed by atoms with Gasteiger partial charge in [-0.1, -0.05) is 11.6 Å². The molecule has 0 saturated carbocycles. The Balaban J connectivity index is 2.55. The second-order valence-corrected chi connectivity index (χ2v) is 2.96. The van der Waals surface area contributed by atoms with Gasteiger partial charge in [0.1, 0.15) is 11.0 Å². The monoisotopic (exact) mass is 218 g/mol. The predicted molar refractivity (Wildman–Crippen MR) is 47.7 cm³/mol. The van der Waals surface area contributed by atoms with Crippen molar-refractivity contribution >= 4 is 22.6 Å². The number of aromatic nitrogens is 2. The number of benzene rings is 1. The van der Waals surface area contributed by atoms with Gasteiger partial charge in [-0.2, -0.15) is 8.78 Å². The third-order valence-electron chi connectivity index (χ3n) is 1.71. The summed E-state index contributed by atoms with van der Waals surface area (Å²) in [7, 11) is 0. The van der Waals surface area contributed by atoms with Gasteiger partial charge in [0.25, 0.3) is 0 Å². The number of nitrogens with one attached hydrogen (secondary N) is 1. The quantitative estimate of drug-likeness (QED) is 0.842. The van der Waals surface area contributed by atoms with E-state index in [1.165, 1.54) is 18.5 Å². The molecule has 0 amide bonds. The number of hydrogen-bond acceptors (Lipinski definition) is 2. The van der Waals surface area contributed by atoms with Gasteiger partial charge >= 0.3 is 6.61 Å². The number of H-pyrrole nitrogens is 1. The fourth-order valence-electron chi connectivity index (χ4n) is 1.17. The molecule has 74 valence electrons. The van der Waals surface area contributed by atoms with E-state index in [1.54, 1.807) is 0 Å². The summed E-state index contributed by atoms with van der Waals surface area (Å²) in [6.07, 6.45) is 1.37. The number of imidazole rings is 1. The zero-order valence-corrected chi connectivity index (χ0v) is 7.55. The molecule has 0 spiro atoms. The third-order valence-corrected chi connectivity index (χ3v) is 2.01. The molecule has 2 rings (SSSR count). The summed E-state index contributed by atoms with van der Waals surface area (Å²) < 4.78 is 28.2. The molecule has 0 unspecified atom stereocenters. The molecule has 1 aromatic carbocycles. The first-order valence-electron chi connectivity index (χ1n) is 3.75. The molecular weight excluding hydrogens is 214 g/mol. The topological polar surface area (TPSA) is 37.9 Å². The minimum Gasteiger partial charge on any atom is -0.433 e. The van der Waals surface area contributed by atoms with Crippen LogP contribution in [0, 0.1) is 0 Å². The lowest BCUT2D eigenvalue weighted by molar-refractivity contribution is -0.0489. The smallest absolute Gasteiger partial charge is 0.387 e. The second-order valence-electron chi connectivity index (χ2n) is 2.55. The van der Waals surface area contributed by atoms with E-state index in [4.69, 9.17) is 11.6 Å². The molecule has 14 heavy (non-hydrogen) atoms. The van der Waals surface area contributed by atoms with Crippen molar-refractivity contribution in [2.75, 3.05) is 0 Å². The Morgan fingerprint density at radius 2 is 2.21 bits per heavy atom. The predicted octanol–water partition coefficient (Wildman–Crippen LogP) is 2.82. The molecule has 0 radical (unpaired) electrons. The molecule has 0 saturated heterocycles. The molecule has 0 atom stereocenters. The van der Waals surface area contributed by atoms with Gasteiger partial charge < -0.3 is 9.72 Å². The lowest BCUT2D eigenvalue weighted by Crippen LogP contribution is -2.02. The molecular formula is C8H5ClF2N2O. The molecule has 0 fully saturated rings. The normalized spacial score (nSPS) is 11.1. The van der Waals surface area contributed by atoms with Crippen LogP contribution in [0.3, 0.4) is 0 Å². The van der Waals surface area contributed by atoms with Crippen molar-refractivity contribution in [3.63, 3.8) is 0 Å². The summed E-state index contributed by atoms with van der Waals surface area (Å²) in [5.74, 6) is 0.0388. The number of halogens is 3. The highest BCUT2D eigenvalue weighted by molar-refractivity contribution is 6.35. The van der Waals surface area contributed by atoms with Crippen LogP contribution in [0.4, 0.5) is 8.78 Å². The van der Waals surface area contributed by atoms with E-state index in [0.29, 0.717) is 16.1 Å². The van der Waals surface area contributed by atoms with Crippen molar-refractivity contribution in [3.05, 3.63) is 23.5 Å². The molecule has 0 aliphatic heterocycles. The van der Waals surface area contributed by atoms with E-state index >= 15 is 0 Å². The van der Waals surface area contributed by atoms with E-state index in [0.717, 1.165) is 0 Å². The van der Waals surface area contributed by atoms with Crippen LogP contribution in [0.5, 0.6) is 5.75 Å². The Kier molecular flexibility index (Phi) is 2.25. The first-order chi connectivity index (χ1) is 6.68. The number of alkyl halides is 2. The van der Waals surface area contributed by atoms with Gasteiger partial charge in [-0.3, -0.25) is 0 Å². The Morgan fingerprint density at radius 3 is 2.93 bits per heavy atom. The second kappa shape index (κ2) is 3.42. The lowest BCUT2D eigenvalue weighted by Gasteiger charge is -2.05. The molecule has 1 N–H and O–H groups in total. The summed E-state index contributed by atoms with van der Waals surface area (Å²) in [5, 5.41) is 0.392. The Bertz CT molecular complexity index is 458. The van der Waals surface area contributed by atoms with Crippen LogP contribution in [-0.2, 0) is 0 Å². The zero-order chi connectivity index (χ0) is 10.1. The molecule has 6 heteroatoms. The first-order valence-corrected chi connectivity index (χ1v) is 4.12. The fourth-order valence-corrected chi connectivity index (χ4v) is 1.37. The minimum absolute atomic E-state index is 0.0388. The van der Waals surface area contributed by atoms with Crippen molar-refractivity contribution in [1.82, 2.24) is 9.97 Å². The lowest BCUT2D eigenvalue weighted by atomic mass is 10.3.